The van der Waals surface area contributed by atoms with Crippen LogP contribution in [0.1, 0.15) is 174 Å². The number of allylic oxidation sites excluding steroid dienone is 4. The SMILES string of the molecule is CCCCCCC/C=C\C/C=C\CCCCCCCCCCCCCCCCCCCC(=O)O. The Labute approximate surface area is 214 Å². The first kappa shape index (κ1) is 33.0. The minimum atomic E-state index is -0.652. The van der Waals surface area contributed by atoms with E-state index in [4.69, 9.17) is 5.11 Å². The lowest BCUT2D eigenvalue weighted by molar-refractivity contribution is -0.137. The number of rotatable bonds is 28. The Bertz CT molecular complexity index is 452. The quantitative estimate of drug-likeness (QED) is 0.0900. The average molecular weight is 477 g/mol. The van der Waals surface area contributed by atoms with Crippen molar-refractivity contribution < 1.29 is 9.90 Å². The van der Waals surface area contributed by atoms with Gasteiger partial charge in [0.05, 0.1) is 0 Å². The largest absolute Gasteiger partial charge is 0.481 e. The maximum Gasteiger partial charge on any atom is 0.303 e. The summed E-state index contributed by atoms with van der Waals surface area (Å²) in [5.41, 5.74) is 0. The fraction of sp³-hybridized carbons (Fsp3) is 0.844. The summed E-state index contributed by atoms with van der Waals surface area (Å²) in [4.78, 5) is 10.4. The Morgan fingerprint density at radius 1 is 0.471 bits per heavy atom. The zero-order chi connectivity index (χ0) is 24.8. The van der Waals surface area contributed by atoms with Crippen molar-refractivity contribution in [3.63, 3.8) is 0 Å². The molecule has 0 aromatic heterocycles. The van der Waals surface area contributed by atoms with Crippen LogP contribution in [0.3, 0.4) is 0 Å². The summed E-state index contributed by atoms with van der Waals surface area (Å²) in [6.45, 7) is 2.28. The maximum absolute atomic E-state index is 10.4. The van der Waals surface area contributed by atoms with E-state index in [1.165, 1.54) is 141 Å². The van der Waals surface area contributed by atoms with E-state index >= 15 is 0 Å². The van der Waals surface area contributed by atoms with E-state index in [0.717, 1.165) is 19.3 Å². The third kappa shape index (κ3) is 31.0. The molecule has 0 saturated heterocycles. The molecular formula is C32H60O2. The molecular weight excluding hydrogens is 416 g/mol. The van der Waals surface area contributed by atoms with Crippen LogP contribution in [0.4, 0.5) is 0 Å². The number of carbonyl (C=O) groups is 1. The first-order valence-electron chi connectivity index (χ1n) is 15.3. The second-order valence-corrected chi connectivity index (χ2v) is 10.3. The van der Waals surface area contributed by atoms with Crippen LogP contribution in [0.15, 0.2) is 24.3 Å². The highest BCUT2D eigenvalue weighted by Crippen LogP contribution is 2.14. The molecule has 2 heteroatoms. The van der Waals surface area contributed by atoms with Gasteiger partial charge in [0.15, 0.2) is 0 Å². The number of carboxylic acids is 1. The number of hydrogen-bond acceptors (Lipinski definition) is 1. The molecule has 0 aromatic rings. The van der Waals surface area contributed by atoms with Crippen molar-refractivity contribution in [2.45, 2.75) is 174 Å². The van der Waals surface area contributed by atoms with Gasteiger partial charge in [0.1, 0.15) is 0 Å². The van der Waals surface area contributed by atoms with Crippen molar-refractivity contribution in [1.82, 2.24) is 0 Å². The number of aliphatic carboxylic acids is 1. The van der Waals surface area contributed by atoms with E-state index < -0.39 is 5.97 Å². The highest BCUT2D eigenvalue weighted by molar-refractivity contribution is 5.66. The lowest BCUT2D eigenvalue weighted by atomic mass is 10.0. The van der Waals surface area contributed by atoms with Gasteiger partial charge in [-0.05, 0) is 38.5 Å². The van der Waals surface area contributed by atoms with E-state index in [2.05, 4.69) is 31.2 Å². The van der Waals surface area contributed by atoms with Gasteiger partial charge in [-0.3, -0.25) is 4.79 Å². The normalized spacial score (nSPS) is 11.8. The molecule has 0 rings (SSSR count). The van der Waals surface area contributed by atoms with Crippen molar-refractivity contribution in [2.24, 2.45) is 0 Å². The summed E-state index contributed by atoms with van der Waals surface area (Å²) in [5, 5.41) is 8.61. The van der Waals surface area contributed by atoms with Gasteiger partial charge in [-0.1, -0.05) is 153 Å². The van der Waals surface area contributed by atoms with Crippen LogP contribution in [0.2, 0.25) is 0 Å². The number of hydrogen-bond donors (Lipinski definition) is 1. The van der Waals surface area contributed by atoms with Crippen molar-refractivity contribution in [2.75, 3.05) is 0 Å². The van der Waals surface area contributed by atoms with Gasteiger partial charge < -0.3 is 5.11 Å². The fourth-order valence-electron chi connectivity index (χ4n) is 4.56. The van der Waals surface area contributed by atoms with Gasteiger partial charge in [0.25, 0.3) is 0 Å². The molecule has 0 aliphatic carbocycles. The Morgan fingerprint density at radius 2 is 0.794 bits per heavy atom. The van der Waals surface area contributed by atoms with Crippen LogP contribution in [-0.4, -0.2) is 11.1 Å². The molecule has 34 heavy (non-hydrogen) atoms. The molecule has 0 aromatic carbocycles. The average Bonchev–Trinajstić information content (AvgIpc) is 2.83. The molecule has 1 N–H and O–H groups in total. The Kier molecular flexibility index (Phi) is 29.1. The molecule has 0 bridgehead atoms. The third-order valence-corrected chi connectivity index (χ3v) is 6.84. The zero-order valence-corrected chi connectivity index (χ0v) is 23.0. The van der Waals surface area contributed by atoms with Crippen molar-refractivity contribution >= 4 is 5.97 Å². The minimum absolute atomic E-state index is 0.343. The van der Waals surface area contributed by atoms with Gasteiger partial charge >= 0.3 is 5.97 Å². The van der Waals surface area contributed by atoms with Crippen LogP contribution in [0, 0.1) is 0 Å². The summed E-state index contributed by atoms with van der Waals surface area (Å²) < 4.78 is 0. The lowest BCUT2D eigenvalue weighted by Gasteiger charge is -2.03. The van der Waals surface area contributed by atoms with E-state index in [-0.39, 0.29) is 0 Å². The summed E-state index contributed by atoms with van der Waals surface area (Å²) in [6, 6.07) is 0. The molecule has 0 spiro atoms. The Hall–Kier alpha value is -1.05. The molecule has 0 amide bonds. The second kappa shape index (κ2) is 30.0. The first-order chi connectivity index (χ1) is 16.8. The first-order valence-corrected chi connectivity index (χ1v) is 15.3. The van der Waals surface area contributed by atoms with Gasteiger partial charge in [-0.15, -0.1) is 0 Å². The highest BCUT2D eigenvalue weighted by Gasteiger charge is 1.97. The molecule has 0 unspecified atom stereocenters. The monoisotopic (exact) mass is 476 g/mol. The molecule has 0 radical (unpaired) electrons. The summed E-state index contributed by atoms with van der Waals surface area (Å²) in [5.74, 6) is -0.652. The summed E-state index contributed by atoms with van der Waals surface area (Å²) in [6.07, 6.45) is 43.0. The molecule has 0 aliphatic rings. The molecule has 0 aliphatic heterocycles. The van der Waals surface area contributed by atoms with Gasteiger partial charge in [0.2, 0.25) is 0 Å². The zero-order valence-electron chi connectivity index (χ0n) is 23.0. The number of unbranched alkanes of at least 4 members (excludes halogenated alkanes) is 22. The van der Waals surface area contributed by atoms with Gasteiger partial charge in [0, 0.05) is 6.42 Å². The van der Waals surface area contributed by atoms with E-state index in [1.807, 2.05) is 0 Å². The minimum Gasteiger partial charge on any atom is -0.481 e. The van der Waals surface area contributed by atoms with Crippen LogP contribution in [0.5, 0.6) is 0 Å². The van der Waals surface area contributed by atoms with Crippen molar-refractivity contribution in [3.8, 4) is 0 Å². The standard InChI is InChI=1S/C32H60O2/c1-2-3-4-5-6-7-8-9-10-11-12-13-14-15-16-17-18-19-20-21-22-23-24-25-26-27-28-29-30-31-32(33)34/h8-9,11-12H,2-7,10,13-31H2,1H3,(H,33,34)/b9-8-,12-11-. The maximum atomic E-state index is 10.4. The molecule has 0 fully saturated rings. The predicted octanol–water partition coefficient (Wildman–Crippen LogP) is 11.3. The molecule has 0 heterocycles. The number of carboxylic acid groups (broad SMARTS) is 1. The van der Waals surface area contributed by atoms with E-state index in [9.17, 15) is 4.79 Å². The van der Waals surface area contributed by atoms with Crippen LogP contribution in [0.25, 0.3) is 0 Å². The molecule has 200 valence electrons. The van der Waals surface area contributed by atoms with Gasteiger partial charge in [-0.25, -0.2) is 0 Å². The van der Waals surface area contributed by atoms with E-state index in [0.29, 0.717) is 6.42 Å². The summed E-state index contributed by atoms with van der Waals surface area (Å²) in [7, 11) is 0. The fourth-order valence-corrected chi connectivity index (χ4v) is 4.56. The Balaban J connectivity index is 3.12. The third-order valence-electron chi connectivity index (χ3n) is 6.84. The highest BCUT2D eigenvalue weighted by atomic mass is 16.4. The van der Waals surface area contributed by atoms with Crippen LogP contribution < -0.4 is 0 Å². The smallest absolute Gasteiger partial charge is 0.303 e. The molecule has 0 saturated carbocycles. The lowest BCUT2D eigenvalue weighted by Crippen LogP contribution is -1.93. The molecule has 2 nitrogen and oxygen atoms in total. The topological polar surface area (TPSA) is 37.3 Å². The van der Waals surface area contributed by atoms with Crippen LogP contribution in [-0.2, 0) is 4.79 Å². The van der Waals surface area contributed by atoms with E-state index in [1.54, 1.807) is 0 Å². The van der Waals surface area contributed by atoms with Gasteiger partial charge in [-0.2, -0.15) is 0 Å². The predicted molar refractivity (Wildman–Crippen MR) is 152 cm³/mol. The van der Waals surface area contributed by atoms with Crippen molar-refractivity contribution in [1.29, 1.82) is 0 Å². The molecule has 0 atom stereocenters. The second-order valence-electron chi connectivity index (χ2n) is 10.3. The van der Waals surface area contributed by atoms with Crippen LogP contribution >= 0.6 is 0 Å². The van der Waals surface area contributed by atoms with Crippen molar-refractivity contribution in [3.05, 3.63) is 24.3 Å². The summed E-state index contributed by atoms with van der Waals surface area (Å²) >= 11 is 0. The Morgan fingerprint density at radius 3 is 1.15 bits per heavy atom.